The molecule has 3 unspecified atom stereocenters. The molecule has 0 aromatic heterocycles. The molecule has 2 heterocycles. The number of rotatable bonds is 1. The van der Waals surface area contributed by atoms with Gasteiger partial charge in [0.25, 0.3) is 0 Å². The van der Waals surface area contributed by atoms with Gasteiger partial charge in [0.2, 0.25) is 0 Å². The third-order valence-corrected chi connectivity index (χ3v) is 4.09. The van der Waals surface area contributed by atoms with E-state index in [2.05, 4.69) is 17.3 Å². The van der Waals surface area contributed by atoms with E-state index in [4.69, 9.17) is 0 Å². The van der Waals surface area contributed by atoms with Crippen LogP contribution in [-0.4, -0.2) is 49.3 Å². The Morgan fingerprint density at radius 3 is 2.87 bits per heavy atom. The van der Waals surface area contributed by atoms with Crippen molar-refractivity contribution in [3.05, 3.63) is 0 Å². The van der Waals surface area contributed by atoms with Gasteiger partial charge in [-0.3, -0.25) is 0 Å². The molecule has 2 fully saturated rings. The minimum atomic E-state index is -0.0559. The summed E-state index contributed by atoms with van der Waals surface area (Å²) in [6, 6.07) is 0. The summed E-state index contributed by atoms with van der Waals surface area (Å²) in [5.74, 6) is 1.24. The number of nitrogens with one attached hydrogen (secondary N) is 1. The lowest BCUT2D eigenvalue weighted by Gasteiger charge is -2.34. The van der Waals surface area contributed by atoms with Crippen molar-refractivity contribution in [3.8, 4) is 0 Å². The van der Waals surface area contributed by atoms with E-state index in [9.17, 15) is 5.11 Å². The molecule has 2 rings (SSSR count). The smallest absolute Gasteiger partial charge is 0.0595 e. The zero-order valence-corrected chi connectivity index (χ0v) is 9.78. The van der Waals surface area contributed by atoms with Crippen LogP contribution in [0.5, 0.6) is 0 Å². The maximum Gasteiger partial charge on any atom is 0.0595 e. The third kappa shape index (κ3) is 2.92. The van der Waals surface area contributed by atoms with Crippen molar-refractivity contribution in [2.24, 2.45) is 11.8 Å². The predicted octanol–water partition coefficient (Wildman–Crippen LogP) is 0.689. The average molecular weight is 212 g/mol. The largest absolute Gasteiger partial charge is 0.393 e. The molecule has 2 aliphatic heterocycles. The van der Waals surface area contributed by atoms with Gasteiger partial charge >= 0.3 is 0 Å². The standard InChI is InChI=1S/C12H24N2O/c1-14-7-2-3-10(5-8-14)11-9-13-6-4-12(11)15/h10-13,15H,2-9H2,1H3. The van der Waals surface area contributed by atoms with Crippen LogP contribution in [0.4, 0.5) is 0 Å². The van der Waals surface area contributed by atoms with E-state index < -0.39 is 0 Å². The Labute approximate surface area is 92.8 Å². The van der Waals surface area contributed by atoms with Crippen LogP contribution in [0.2, 0.25) is 0 Å². The highest BCUT2D eigenvalue weighted by atomic mass is 16.3. The van der Waals surface area contributed by atoms with Gasteiger partial charge in [-0.25, -0.2) is 0 Å². The molecule has 0 bridgehead atoms. The highest BCUT2D eigenvalue weighted by Crippen LogP contribution is 2.29. The molecule has 0 spiro atoms. The summed E-state index contributed by atoms with van der Waals surface area (Å²) in [4.78, 5) is 2.42. The second-order valence-electron chi connectivity index (χ2n) is 5.22. The molecule has 88 valence electrons. The van der Waals surface area contributed by atoms with E-state index in [0.717, 1.165) is 25.4 Å². The number of hydrogen-bond acceptors (Lipinski definition) is 3. The number of piperidine rings is 1. The van der Waals surface area contributed by atoms with Gasteiger partial charge in [0, 0.05) is 12.5 Å². The van der Waals surface area contributed by atoms with Crippen molar-refractivity contribution < 1.29 is 5.11 Å². The summed E-state index contributed by atoms with van der Waals surface area (Å²) in [5, 5.41) is 13.4. The Balaban J connectivity index is 1.90. The van der Waals surface area contributed by atoms with Crippen LogP contribution in [0.25, 0.3) is 0 Å². The lowest BCUT2D eigenvalue weighted by atomic mass is 9.80. The van der Waals surface area contributed by atoms with E-state index in [1.165, 1.54) is 32.4 Å². The normalized spacial score (nSPS) is 40.0. The van der Waals surface area contributed by atoms with Gasteiger partial charge in [-0.1, -0.05) is 0 Å². The van der Waals surface area contributed by atoms with Crippen molar-refractivity contribution in [1.29, 1.82) is 0 Å². The molecule has 2 N–H and O–H groups in total. The van der Waals surface area contributed by atoms with Crippen LogP contribution in [0.3, 0.4) is 0 Å². The third-order valence-electron chi connectivity index (χ3n) is 4.09. The Morgan fingerprint density at radius 1 is 1.20 bits per heavy atom. The van der Waals surface area contributed by atoms with Gasteiger partial charge in [0.15, 0.2) is 0 Å². The van der Waals surface area contributed by atoms with Crippen molar-refractivity contribution in [3.63, 3.8) is 0 Å². The van der Waals surface area contributed by atoms with Gasteiger partial charge in [0.1, 0.15) is 0 Å². The minimum Gasteiger partial charge on any atom is -0.393 e. The Bertz CT molecular complexity index is 198. The Kier molecular flexibility index (Phi) is 4.00. The zero-order chi connectivity index (χ0) is 10.7. The highest BCUT2D eigenvalue weighted by Gasteiger charge is 2.31. The van der Waals surface area contributed by atoms with Crippen LogP contribution in [0, 0.1) is 11.8 Å². The Morgan fingerprint density at radius 2 is 2.07 bits per heavy atom. The molecule has 3 nitrogen and oxygen atoms in total. The van der Waals surface area contributed by atoms with Crippen LogP contribution < -0.4 is 5.32 Å². The molecule has 0 aromatic carbocycles. The van der Waals surface area contributed by atoms with Gasteiger partial charge in [-0.15, -0.1) is 0 Å². The van der Waals surface area contributed by atoms with Crippen molar-refractivity contribution in [2.45, 2.75) is 31.8 Å². The number of nitrogens with zero attached hydrogens (tertiary/aromatic N) is 1. The molecule has 15 heavy (non-hydrogen) atoms. The topological polar surface area (TPSA) is 35.5 Å². The predicted molar refractivity (Wildman–Crippen MR) is 61.8 cm³/mol. The fraction of sp³-hybridized carbons (Fsp3) is 1.00. The molecule has 3 heteroatoms. The second-order valence-corrected chi connectivity index (χ2v) is 5.22. The van der Waals surface area contributed by atoms with E-state index in [1.807, 2.05) is 0 Å². The second kappa shape index (κ2) is 5.28. The summed E-state index contributed by atoms with van der Waals surface area (Å²) in [7, 11) is 2.21. The van der Waals surface area contributed by atoms with Gasteiger partial charge in [0.05, 0.1) is 6.10 Å². The molecule has 3 atom stereocenters. The molecular formula is C12H24N2O. The van der Waals surface area contributed by atoms with Crippen LogP contribution in [0.1, 0.15) is 25.7 Å². The summed E-state index contributed by atoms with van der Waals surface area (Å²) in [5.41, 5.74) is 0. The fourth-order valence-corrected chi connectivity index (χ4v) is 3.04. The first-order valence-corrected chi connectivity index (χ1v) is 6.34. The fourth-order valence-electron chi connectivity index (χ4n) is 3.04. The number of aliphatic hydroxyl groups is 1. The molecule has 0 amide bonds. The van der Waals surface area contributed by atoms with Crippen molar-refractivity contribution >= 4 is 0 Å². The van der Waals surface area contributed by atoms with E-state index >= 15 is 0 Å². The Hall–Kier alpha value is -0.120. The summed E-state index contributed by atoms with van der Waals surface area (Å²) in [6.45, 7) is 4.44. The first kappa shape index (κ1) is 11.4. The average Bonchev–Trinajstić information content (AvgIpc) is 2.44. The number of likely N-dealkylation sites (tertiary alicyclic amines) is 1. The van der Waals surface area contributed by atoms with Crippen molar-refractivity contribution in [2.75, 3.05) is 33.2 Å². The maximum atomic E-state index is 10.0. The molecule has 0 aliphatic carbocycles. The molecule has 2 aliphatic rings. The molecule has 0 aromatic rings. The molecule has 0 radical (unpaired) electrons. The molecular weight excluding hydrogens is 188 g/mol. The van der Waals surface area contributed by atoms with Gasteiger partial charge in [-0.05, 0) is 58.3 Å². The van der Waals surface area contributed by atoms with Crippen LogP contribution in [0.15, 0.2) is 0 Å². The van der Waals surface area contributed by atoms with E-state index in [-0.39, 0.29) is 6.10 Å². The number of hydrogen-bond donors (Lipinski definition) is 2. The molecule has 2 saturated heterocycles. The quantitative estimate of drug-likeness (QED) is 0.671. The number of aliphatic hydroxyl groups excluding tert-OH is 1. The lowest BCUT2D eigenvalue weighted by molar-refractivity contribution is 0.0418. The van der Waals surface area contributed by atoms with Gasteiger partial charge in [-0.2, -0.15) is 0 Å². The monoisotopic (exact) mass is 212 g/mol. The summed E-state index contributed by atoms with van der Waals surface area (Å²) < 4.78 is 0. The van der Waals surface area contributed by atoms with Crippen LogP contribution in [-0.2, 0) is 0 Å². The van der Waals surface area contributed by atoms with Crippen molar-refractivity contribution in [1.82, 2.24) is 10.2 Å². The van der Waals surface area contributed by atoms with E-state index in [1.54, 1.807) is 0 Å². The van der Waals surface area contributed by atoms with E-state index in [0.29, 0.717) is 5.92 Å². The SMILES string of the molecule is CN1CCCC(C2CNCCC2O)CC1. The highest BCUT2D eigenvalue weighted by molar-refractivity contribution is 4.84. The minimum absolute atomic E-state index is 0.0559. The maximum absolute atomic E-state index is 10.0. The summed E-state index contributed by atoms with van der Waals surface area (Å²) in [6.07, 6.45) is 4.74. The van der Waals surface area contributed by atoms with Crippen LogP contribution >= 0.6 is 0 Å². The first-order valence-electron chi connectivity index (χ1n) is 6.34. The van der Waals surface area contributed by atoms with Gasteiger partial charge < -0.3 is 15.3 Å². The zero-order valence-electron chi connectivity index (χ0n) is 9.78. The molecule has 0 saturated carbocycles. The first-order chi connectivity index (χ1) is 7.27. The lowest BCUT2D eigenvalue weighted by Crippen LogP contribution is -2.43. The summed E-state index contributed by atoms with van der Waals surface area (Å²) >= 11 is 0.